The van der Waals surface area contributed by atoms with E-state index in [-0.39, 0.29) is 16.3 Å². The number of carbonyl (C=O) groups excluding carboxylic acids is 1. The summed E-state index contributed by atoms with van der Waals surface area (Å²) < 4.78 is 27.6. The van der Waals surface area contributed by atoms with E-state index in [1.54, 1.807) is 0 Å². The summed E-state index contributed by atoms with van der Waals surface area (Å²) in [6.45, 7) is 0. The second-order valence-electron chi connectivity index (χ2n) is 3.67. The molecule has 0 unspecified atom stereocenters. The molecule has 0 fully saturated rings. The van der Waals surface area contributed by atoms with Gasteiger partial charge in [-0.05, 0) is 30.3 Å². The van der Waals surface area contributed by atoms with Gasteiger partial charge in [0.2, 0.25) is 0 Å². The molecule has 19 heavy (non-hydrogen) atoms. The van der Waals surface area contributed by atoms with Crippen LogP contribution in [-0.4, -0.2) is 5.91 Å². The molecular weight excluding hydrogens is 340 g/mol. The van der Waals surface area contributed by atoms with Gasteiger partial charge in [-0.1, -0.05) is 33.6 Å². The molecule has 0 aliphatic carbocycles. The van der Waals surface area contributed by atoms with Gasteiger partial charge in [0, 0.05) is 4.47 Å². The third-order valence-electron chi connectivity index (χ3n) is 2.37. The number of rotatable bonds is 2. The van der Waals surface area contributed by atoms with Crippen LogP contribution in [0.3, 0.4) is 0 Å². The number of para-hydroxylation sites is 1. The zero-order valence-electron chi connectivity index (χ0n) is 9.38. The molecule has 0 bridgehead atoms. The fraction of sp³-hybridized carbons (Fsp3) is 0. The minimum absolute atomic E-state index is 0.0451. The summed E-state index contributed by atoms with van der Waals surface area (Å²) in [7, 11) is 0. The van der Waals surface area contributed by atoms with Crippen LogP contribution in [-0.2, 0) is 0 Å². The first-order chi connectivity index (χ1) is 8.99. The predicted molar refractivity (Wildman–Crippen MR) is 73.5 cm³/mol. The quantitative estimate of drug-likeness (QED) is 0.844. The fourth-order valence-electron chi connectivity index (χ4n) is 1.47. The van der Waals surface area contributed by atoms with Crippen LogP contribution in [0.5, 0.6) is 0 Å². The Morgan fingerprint density at radius 3 is 2.58 bits per heavy atom. The zero-order valence-corrected chi connectivity index (χ0v) is 11.7. The number of halogens is 4. The lowest BCUT2D eigenvalue weighted by atomic mass is 10.2. The molecule has 0 aliphatic rings. The normalized spacial score (nSPS) is 10.3. The molecule has 1 N–H and O–H groups in total. The summed E-state index contributed by atoms with van der Waals surface area (Å²) >= 11 is 8.91. The van der Waals surface area contributed by atoms with Gasteiger partial charge in [0.15, 0.2) is 0 Å². The monoisotopic (exact) mass is 345 g/mol. The summed E-state index contributed by atoms with van der Waals surface area (Å²) in [5.41, 5.74) is -0.373. The van der Waals surface area contributed by atoms with E-state index in [9.17, 15) is 13.6 Å². The van der Waals surface area contributed by atoms with Gasteiger partial charge in [0.1, 0.15) is 11.6 Å². The Bertz CT molecular complexity index is 628. The van der Waals surface area contributed by atoms with Crippen molar-refractivity contribution in [3.05, 3.63) is 63.1 Å². The summed E-state index contributed by atoms with van der Waals surface area (Å²) in [5, 5.41) is 2.30. The predicted octanol–water partition coefficient (Wildman–Crippen LogP) is 4.63. The highest BCUT2D eigenvalue weighted by molar-refractivity contribution is 9.10. The highest BCUT2D eigenvalue weighted by atomic mass is 79.9. The van der Waals surface area contributed by atoms with Crippen LogP contribution in [0.1, 0.15) is 10.4 Å². The van der Waals surface area contributed by atoms with Crippen LogP contribution in [0.15, 0.2) is 40.9 Å². The molecule has 1 amide bonds. The van der Waals surface area contributed by atoms with E-state index in [0.29, 0.717) is 4.47 Å². The van der Waals surface area contributed by atoms with Crippen molar-refractivity contribution < 1.29 is 13.6 Å². The summed E-state index contributed by atoms with van der Waals surface area (Å²) in [6, 6.07) is 7.90. The van der Waals surface area contributed by atoms with Crippen molar-refractivity contribution >= 4 is 39.1 Å². The third kappa shape index (κ3) is 3.11. The van der Waals surface area contributed by atoms with Crippen LogP contribution in [0.25, 0.3) is 0 Å². The van der Waals surface area contributed by atoms with E-state index in [0.717, 1.165) is 12.1 Å². The van der Waals surface area contributed by atoms with Crippen molar-refractivity contribution in [2.45, 2.75) is 0 Å². The van der Waals surface area contributed by atoms with Crippen molar-refractivity contribution in [1.82, 2.24) is 0 Å². The van der Waals surface area contributed by atoms with Crippen LogP contribution < -0.4 is 5.32 Å². The second-order valence-corrected chi connectivity index (χ2v) is 5.00. The first kappa shape index (κ1) is 14.0. The molecular formula is C13H7BrClF2NO. The molecule has 0 spiro atoms. The fourth-order valence-corrected chi connectivity index (χ4v) is 2.04. The van der Waals surface area contributed by atoms with Crippen molar-refractivity contribution in [1.29, 1.82) is 0 Å². The highest BCUT2D eigenvalue weighted by Gasteiger charge is 2.15. The largest absolute Gasteiger partial charge is 0.318 e. The number of amides is 1. The SMILES string of the molecule is O=C(Nc1c(F)cccc1Cl)c1cc(Br)ccc1F. The van der Waals surface area contributed by atoms with Crippen LogP contribution in [0.2, 0.25) is 5.02 Å². The van der Waals surface area contributed by atoms with Crippen molar-refractivity contribution in [3.8, 4) is 0 Å². The lowest BCUT2D eigenvalue weighted by Gasteiger charge is -2.09. The number of anilines is 1. The maximum absolute atomic E-state index is 13.5. The van der Waals surface area contributed by atoms with E-state index < -0.39 is 17.5 Å². The minimum atomic E-state index is -0.772. The van der Waals surface area contributed by atoms with Crippen LogP contribution >= 0.6 is 27.5 Å². The Hall–Kier alpha value is -1.46. The number of nitrogens with one attached hydrogen (secondary N) is 1. The van der Waals surface area contributed by atoms with E-state index in [2.05, 4.69) is 21.2 Å². The van der Waals surface area contributed by atoms with Crippen molar-refractivity contribution in [2.24, 2.45) is 0 Å². The van der Waals surface area contributed by atoms with Gasteiger partial charge in [-0.25, -0.2) is 8.78 Å². The van der Waals surface area contributed by atoms with Crippen molar-refractivity contribution in [3.63, 3.8) is 0 Å². The van der Waals surface area contributed by atoms with Gasteiger partial charge in [0.25, 0.3) is 5.91 Å². The molecule has 0 heterocycles. The standard InChI is InChI=1S/C13H7BrClF2NO/c14-7-4-5-10(16)8(6-7)13(19)18-12-9(15)2-1-3-11(12)17/h1-6H,(H,18,19). The Balaban J connectivity index is 2.34. The molecule has 6 heteroatoms. The molecule has 2 aromatic carbocycles. The smallest absolute Gasteiger partial charge is 0.258 e. The maximum atomic E-state index is 13.5. The van der Waals surface area contributed by atoms with E-state index in [1.165, 1.54) is 24.3 Å². The maximum Gasteiger partial charge on any atom is 0.258 e. The second kappa shape index (κ2) is 5.67. The molecule has 0 saturated heterocycles. The van der Waals surface area contributed by atoms with Gasteiger partial charge in [-0.15, -0.1) is 0 Å². The Morgan fingerprint density at radius 1 is 1.16 bits per heavy atom. The van der Waals surface area contributed by atoms with Gasteiger partial charge < -0.3 is 5.32 Å². The molecule has 0 saturated carbocycles. The highest BCUT2D eigenvalue weighted by Crippen LogP contribution is 2.26. The Morgan fingerprint density at radius 2 is 1.89 bits per heavy atom. The Labute approximate surface area is 121 Å². The lowest BCUT2D eigenvalue weighted by molar-refractivity contribution is 0.102. The first-order valence-electron chi connectivity index (χ1n) is 5.19. The molecule has 2 rings (SSSR count). The van der Waals surface area contributed by atoms with Crippen LogP contribution in [0, 0.1) is 11.6 Å². The lowest BCUT2D eigenvalue weighted by Crippen LogP contribution is -2.15. The number of hydrogen-bond acceptors (Lipinski definition) is 1. The van der Waals surface area contributed by atoms with Gasteiger partial charge in [-0.3, -0.25) is 4.79 Å². The minimum Gasteiger partial charge on any atom is -0.318 e. The summed E-state index contributed by atoms with van der Waals surface area (Å²) in [4.78, 5) is 11.9. The number of carbonyl (C=O) groups is 1. The Kier molecular flexibility index (Phi) is 4.17. The molecule has 2 nitrogen and oxygen atoms in total. The number of hydrogen-bond donors (Lipinski definition) is 1. The zero-order chi connectivity index (χ0) is 14.0. The molecule has 0 aliphatic heterocycles. The molecule has 98 valence electrons. The molecule has 0 atom stereocenters. The summed E-state index contributed by atoms with van der Waals surface area (Å²) in [6.07, 6.45) is 0. The molecule has 0 radical (unpaired) electrons. The molecule has 0 aromatic heterocycles. The first-order valence-corrected chi connectivity index (χ1v) is 6.36. The van der Waals surface area contributed by atoms with Gasteiger partial charge in [-0.2, -0.15) is 0 Å². The van der Waals surface area contributed by atoms with Crippen molar-refractivity contribution in [2.75, 3.05) is 5.32 Å². The topological polar surface area (TPSA) is 29.1 Å². The van der Waals surface area contributed by atoms with E-state index in [4.69, 9.17) is 11.6 Å². The summed E-state index contributed by atoms with van der Waals surface area (Å²) in [5.74, 6) is -2.16. The number of benzene rings is 2. The third-order valence-corrected chi connectivity index (χ3v) is 3.18. The van der Waals surface area contributed by atoms with E-state index >= 15 is 0 Å². The van der Waals surface area contributed by atoms with Gasteiger partial charge >= 0.3 is 0 Å². The molecule has 2 aromatic rings. The average Bonchev–Trinajstić information content (AvgIpc) is 2.37. The van der Waals surface area contributed by atoms with E-state index in [1.807, 2.05) is 0 Å². The van der Waals surface area contributed by atoms with Crippen LogP contribution in [0.4, 0.5) is 14.5 Å². The average molecular weight is 347 g/mol. The van der Waals surface area contributed by atoms with Gasteiger partial charge in [0.05, 0.1) is 16.3 Å².